The van der Waals surface area contributed by atoms with Gasteiger partial charge in [-0.3, -0.25) is 0 Å². The van der Waals surface area contributed by atoms with Crippen molar-refractivity contribution in [2.24, 2.45) is 0 Å². The van der Waals surface area contributed by atoms with E-state index < -0.39 is 10.9 Å². The molecule has 116 valence electrons. The first-order valence-electron chi connectivity index (χ1n) is 6.51. The van der Waals surface area contributed by atoms with Gasteiger partial charge in [0.15, 0.2) is 5.82 Å². The molecule has 22 heavy (non-hydrogen) atoms. The molecule has 1 heterocycles. The highest BCUT2D eigenvalue weighted by molar-refractivity contribution is 5.92. The first-order chi connectivity index (χ1) is 10.5. The Morgan fingerprint density at radius 2 is 2.14 bits per heavy atom. The molecule has 2 rings (SSSR count). The van der Waals surface area contributed by atoms with Crippen LogP contribution in [-0.4, -0.2) is 34.2 Å². The molecule has 8 nitrogen and oxygen atoms in total. The summed E-state index contributed by atoms with van der Waals surface area (Å²) in [5, 5.41) is 10.9. The van der Waals surface area contributed by atoms with Crippen LogP contribution in [0.3, 0.4) is 0 Å². The summed E-state index contributed by atoms with van der Waals surface area (Å²) in [6.45, 7) is 1.80. The molecule has 1 aromatic carbocycles. The first kappa shape index (κ1) is 15.5. The summed E-state index contributed by atoms with van der Waals surface area (Å²) in [4.78, 5) is 26.2. The van der Waals surface area contributed by atoms with Crippen LogP contribution >= 0.6 is 0 Å². The zero-order chi connectivity index (χ0) is 16.1. The number of carbonyl (C=O) groups is 1. The minimum absolute atomic E-state index is 0.00504. The number of aryl methyl sites for hydroxylation is 1. The molecule has 0 spiro atoms. The molecule has 2 aromatic rings. The van der Waals surface area contributed by atoms with Gasteiger partial charge in [-0.1, -0.05) is 12.1 Å². The predicted molar refractivity (Wildman–Crippen MR) is 76.9 cm³/mol. The number of ether oxygens (including phenoxy) is 2. The van der Waals surface area contributed by atoms with E-state index in [1.165, 1.54) is 17.9 Å². The van der Waals surface area contributed by atoms with Gasteiger partial charge in [0.1, 0.15) is 30.7 Å². The maximum Gasteiger partial charge on any atom is 0.342 e. The zero-order valence-corrected chi connectivity index (χ0v) is 12.2. The van der Waals surface area contributed by atoms with Gasteiger partial charge >= 0.3 is 11.8 Å². The minimum atomic E-state index is -0.544. The molecule has 0 N–H and O–H groups in total. The number of aromatic nitrogens is 2. The van der Waals surface area contributed by atoms with E-state index in [1.54, 1.807) is 31.2 Å². The average Bonchev–Trinajstić information content (AvgIpc) is 2.88. The highest BCUT2D eigenvalue weighted by Gasteiger charge is 2.18. The number of nitrogens with zero attached hydrogens (tertiary/aromatic N) is 3. The van der Waals surface area contributed by atoms with Gasteiger partial charge in [0.05, 0.1) is 7.11 Å². The quantitative estimate of drug-likeness (QED) is 0.460. The summed E-state index contributed by atoms with van der Waals surface area (Å²) >= 11 is 0. The molecule has 0 amide bonds. The van der Waals surface area contributed by atoms with Crippen LogP contribution in [-0.2, 0) is 11.3 Å². The van der Waals surface area contributed by atoms with Crippen molar-refractivity contribution in [2.45, 2.75) is 13.5 Å². The van der Waals surface area contributed by atoms with E-state index in [4.69, 9.17) is 9.47 Å². The van der Waals surface area contributed by atoms with E-state index in [-0.39, 0.29) is 19.0 Å². The summed E-state index contributed by atoms with van der Waals surface area (Å²) in [5.74, 6) is 0.223. The topological polar surface area (TPSA) is 96.5 Å². The lowest BCUT2D eigenvalue weighted by atomic mass is 10.2. The highest BCUT2D eigenvalue weighted by Crippen LogP contribution is 2.18. The molecule has 1 aromatic heterocycles. The van der Waals surface area contributed by atoms with E-state index >= 15 is 0 Å². The lowest BCUT2D eigenvalue weighted by Gasteiger charge is -2.08. The number of imidazole rings is 1. The van der Waals surface area contributed by atoms with Crippen molar-refractivity contribution in [2.75, 3.05) is 13.7 Å². The van der Waals surface area contributed by atoms with Crippen LogP contribution in [0.2, 0.25) is 0 Å². The third-order valence-electron chi connectivity index (χ3n) is 3.10. The van der Waals surface area contributed by atoms with Gasteiger partial charge in [0.25, 0.3) is 0 Å². The van der Waals surface area contributed by atoms with E-state index in [9.17, 15) is 14.9 Å². The summed E-state index contributed by atoms with van der Waals surface area (Å²) in [7, 11) is 1.46. The predicted octanol–water partition coefficient (Wildman–Crippen LogP) is 1.97. The van der Waals surface area contributed by atoms with Crippen LogP contribution in [0.25, 0.3) is 0 Å². The minimum Gasteiger partial charge on any atom is -0.496 e. The maximum atomic E-state index is 12.0. The average molecular weight is 305 g/mol. The van der Waals surface area contributed by atoms with Crippen molar-refractivity contribution < 1.29 is 19.2 Å². The fourth-order valence-electron chi connectivity index (χ4n) is 2.00. The normalized spacial score (nSPS) is 10.3. The monoisotopic (exact) mass is 305 g/mol. The molecule has 0 atom stereocenters. The Hall–Kier alpha value is -2.90. The molecule has 0 saturated heterocycles. The molecule has 0 aliphatic heterocycles. The Labute approximate surface area is 126 Å². The number of nitro groups is 1. The van der Waals surface area contributed by atoms with Crippen molar-refractivity contribution in [3.63, 3.8) is 0 Å². The highest BCUT2D eigenvalue weighted by atomic mass is 16.6. The molecule has 0 aliphatic rings. The van der Waals surface area contributed by atoms with Gasteiger partial charge < -0.3 is 19.6 Å². The first-order valence-corrected chi connectivity index (χ1v) is 6.51. The number of hydrogen-bond donors (Lipinski definition) is 0. The molecule has 0 fully saturated rings. The van der Waals surface area contributed by atoms with Crippen molar-refractivity contribution in [3.05, 3.63) is 52.0 Å². The fraction of sp³-hybridized carbons (Fsp3) is 0.286. The molecule has 0 saturated carbocycles. The summed E-state index contributed by atoms with van der Waals surface area (Å²) < 4.78 is 11.6. The lowest BCUT2D eigenvalue weighted by molar-refractivity contribution is -0.392. The van der Waals surface area contributed by atoms with Crippen LogP contribution < -0.4 is 4.74 Å². The van der Waals surface area contributed by atoms with Gasteiger partial charge in [0.2, 0.25) is 0 Å². The molecule has 0 unspecified atom stereocenters. The fourth-order valence-corrected chi connectivity index (χ4v) is 2.00. The van der Waals surface area contributed by atoms with Crippen LogP contribution in [0.4, 0.5) is 5.82 Å². The number of para-hydroxylation sites is 1. The molecule has 0 bridgehead atoms. The van der Waals surface area contributed by atoms with Gasteiger partial charge in [-0.2, -0.15) is 0 Å². The van der Waals surface area contributed by atoms with Crippen molar-refractivity contribution >= 4 is 11.8 Å². The molecule has 0 aliphatic carbocycles. The van der Waals surface area contributed by atoms with Gasteiger partial charge in [-0.15, -0.1) is 0 Å². The second kappa shape index (κ2) is 6.70. The van der Waals surface area contributed by atoms with Gasteiger partial charge in [-0.05, 0) is 17.1 Å². The zero-order valence-electron chi connectivity index (χ0n) is 12.2. The lowest BCUT2D eigenvalue weighted by Crippen LogP contribution is -2.14. The van der Waals surface area contributed by atoms with E-state index in [1.807, 2.05) is 0 Å². The van der Waals surface area contributed by atoms with Gasteiger partial charge in [-0.25, -0.2) is 14.3 Å². The smallest absolute Gasteiger partial charge is 0.342 e. The number of hydrogen-bond acceptors (Lipinski definition) is 6. The van der Waals surface area contributed by atoms with Crippen LogP contribution in [0.1, 0.15) is 16.2 Å². The third kappa shape index (κ3) is 3.22. The Bertz CT molecular complexity index is 696. The number of esters is 1. The summed E-state index contributed by atoms with van der Waals surface area (Å²) in [6, 6.07) is 6.69. The number of benzene rings is 1. The van der Waals surface area contributed by atoms with E-state index in [0.717, 1.165) is 0 Å². The van der Waals surface area contributed by atoms with Crippen molar-refractivity contribution in [3.8, 4) is 5.75 Å². The maximum absolute atomic E-state index is 12.0. The Morgan fingerprint density at radius 1 is 1.41 bits per heavy atom. The summed E-state index contributed by atoms with van der Waals surface area (Å²) in [6.07, 6.45) is 1.18. The van der Waals surface area contributed by atoms with Crippen LogP contribution in [0.5, 0.6) is 5.75 Å². The van der Waals surface area contributed by atoms with Crippen LogP contribution in [0.15, 0.2) is 30.5 Å². The second-order valence-corrected chi connectivity index (χ2v) is 4.41. The largest absolute Gasteiger partial charge is 0.496 e. The standard InChI is InChI=1S/C14H15N3O5/c1-10-15-9-13(17(19)20)16(10)7-8-22-14(18)11-5-3-4-6-12(11)21-2/h3-6,9H,7-8H2,1-2H3. The van der Waals surface area contributed by atoms with Crippen LogP contribution in [0, 0.1) is 17.0 Å². The van der Waals surface area contributed by atoms with E-state index in [2.05, 4.69) is 4.98 Å². The molecular weight excluding hydrogens is 290 g/mol. The SMILES string of the molecule is COc1ccccc1C(=O)OCCn1c([N+](=O)[O-])cnc1C. The molecular formula is C14H15N3O5. The van der Waals surface area contributed by atoms with Crippen molar-refractivity contribution in [1.29, 1.82) is 0 Å². The number of methoxy groups -OCH3 is 1. The Balaban J connectivity index is 2.01. The number of rotatable bonds is 6. The second-order valence-electron chi connectivity index (χ2n) is 4.41. The molecule has 8 heteroatoms. The Kier molecular flexibility index (Phi) is 4.72. The third-order valence-corrected chi connectivity index (χ3v) is 3.10. The van der Waals surface area contributed by atoms with Gasteiger partial charge in [0, 0.05) is 6.92 Å². The van der Waals surface area contributed by atoms with Crippen molar-refractivity contribution in [1.82, 2.24) is 9.55 Å². The Morgan fingerprint density at radius 3 is 2.82 bits per heavy atom. The number of carbonyl (C=O) groups excluding carboxylic acids is 1. The molecule has 0 radical (unpaired) electrons. The van der Waals surface area contributed by atoms with E-state index in [0.29, 0.717) is 17.1 Å². The summed E-state index contributed by atoms with van der Waals surface area (Å²) in [5.41, 5.74) is 0.307.